The highest BCUT2D eigenvalue weighted by Gasteiger charge is 2.20. The lowest BCUT2D eigenvalue weighted by atomic mass is 10.0. The first-order chi connectivity index (χ1) is 15.2. The Morgan fingerprint density at radius 1 is 0.812 bits per heavy atom. The van der Waals surface area contributed by atoms with Crippen LogP contribution in [0.4, 0.5) is 0 Å². The Hall–Kier alpha value is -2.20. The summed E-state index contributed by atoms with van der Waals surface area (Å²) >= 11 is 0. The SMILES string of the molecule is CC/C=C\C/C=C\C/C=C\C/C=C\C/C=C\CCC[C@@H](O)CC(=O)CC(=O)OC(C)(C)C. The van der Waals surface area contributed by atoms with Crippen LogP contribution >= 0.6 is 0 Å². The highest BCUT2D eigenvalue weighted by molar-refractivity contribution is 5.95. The molecule has 1 N–H and O–H groups in total. The Morgan fingerprint density at radius 3 is 1.75 bits per heavy atom. The highest BCUT2D eigenvalue weighted by Crippen LogP contribution is 2.11. The molecule has 1 atom stereocenters. The van der Waals surface area contributed by atoms with Gasteiger partial charge in [-0.3, -0.25) is 9.59 Å². The average Bonchev–Trinajstić information content (AvgIpc) is 2.68. The monoisotopic (exact) mass is 444 g/mol. The predicted octanol–water partition coefficient (Wildman–Crippen LogP) is 6.96. The zero-order valence-electron chi connectivity index (χ0n) is 20.6. The van der Waals surface area contributed by atoms with Crippen molar-refractivity contribution in [3.8, 4) is 0 Å². The Bertz CT molecular complexity index is 645. The van der Waals surface area contributed by atoms with Gasteiger partial charge in [0.2, 0.25) is 0 Å². The van der Waals surface area contributed by atoms with Gasteiger partial charge in [-0.15, -0.1) is 0 Å². The maximum Gasteiger partial charge on any atom is 0.313 e. The Balaban J connectivity index is 3.74. The molecule has 0 aromatic carbocycles. The van der Waals surface area contributed by atoms with E-state index in [1.807, 2.05) is 0 Å². The van der Waals surface area contributed by atoms with Crippen LogP contribution in [0.5, 0.6) is 0 Å². The summed E-state index contributed by atoms with van der Waals surface area (Å²) in [4.78, 5) is 23.5. The molecule has 0 saturated heterocycles. The van der Waals surface area contributed by atoms with Crippen molar-refractivity contribution in [2.24, 2.45) is 0 Å². The van der Waals surface area contributed by atoms with Crippen molar-refractivity contribution < 1.29 is 19.4 Å². The molecule has 0 bridgehead atoms. The van der Waals surface area contributed by atoms with E-state index < -0.39 is 17.7 Å². The highest BCUT2D eigenvalue weighted by atomic mass is 16.6. The van der Waals surface area contributed by atoms with Crippen molar-refractivity contribution in [3.63, 3.8) is 0 Å². The maximum absolute atomic E-state index is 11.8. The van der Waals surface area contributed by atoms with Gasteiger partial charge in [0.05, 0.1) is 6.10 Å². The van der Waals surface area contributed by atoms with Crippen LogP contribution in [0.25, 0.3) is 0 Å². The number of esters is 1. The van der Waals surface area contributed by atoms with E-state index in [1.165, 1.54) is 0 Å². The Kier molecular flexibility index (Phi) is 18.1. The molecule has 0 saturated carbocycles. The van der Waals surface area contributed by atoms with Crippen molar-refractivity contribution in [1.29, 1.82) is 0 Å². The number of carbonyl (C=O) groups excluding carboxylic acids is 2. The molecule has 0 aliphatic carbocycles. The van der Waals surface area contributed by atoms with Crippen LogP contribution in [-0.4, -0.2) is 28.6 Å². The van der Waals surface area contributed by atoms with Gasteiger partial charge in [0.25, 0.3) is 0 Å². The fourth-order valence-electron chi connectivity index (χ4n) is 2.82. The molecular weight excluding hydrogens is 400 g/mol. The van der Waals surface area contributed by atoms with Crippen molar-refractivity contribution >= 4 is 11.8 Å². The molecule has 0 aliphatic heterocycles. The van der Waals surface area contributed by atoms with E-state index in [-0.39, 0.29) is 18.6 Å². The second kappa shape index (κ2) is 19.5. The number of ether oxygens (including phenoxy) is 1. The van der Waals surface area contributed by atoms with Gasteiger partial charge in [0.15, 0.2) is 0 Å². The third-order valence-corrected chi connectivity index (χ3v) is 4.29. The molecule has 0 spiro atoms. The van der Waals surface area contributed by atoms with Gasteiger partial charge in [0, 0.05) is 6.42 Å². The van der Waals surface area contributed by atoms with Gasteiger partial charge < -0.3 is 9.84 Å². The quantitative estimate of drug-likeness (QED) is 0.114. The summed E-state index contributed by atoms with van der Waals surface area (Å²) in [6.45, 7) is 7.43. The smallest absolute Gasteiger partial charge is 0.313 e. The zero-order valence-corrected chi connectivity index (χ0v) is 20.6. The van der Waals surface area contributed by atoms with E-state index in [9.17, 15) is 14.7 Å². The van der Waals surface area contributed by atoms with Crippen LogP contribution in [0, 0.1) is 0 Å². The third kappa shape index (κ3) is 22.5. The van der Waals surface area contributed by atoms with Crippen LogP contribution in [0.3, 0.4) is 0 Å². The Labute approximate surface area is 195 Å². The minimum atomic E-state index is -0.701. The summed E-state index contributed by atoms with van der Waals surface area (Å²) in [5.74, 6) is -0.810. The summed E-state index contributed by atoms with van der Waals surface area (Å²) in [6, 6.07) is 0. The lowest BCUT2D eigenvalue weighted by molar-refractivity contribution is -0.156. The number of ketones is 1. The molecule has 0 amide bonds. The van der Waals surface area contributed by atoms with Gasteiger partial charge >= 0.3 is 5.97 Å². The molecule has 0 radical (unpaired) electrons. The molecule has 180 valence electrons. The van der Waals surface area contributed by atoms with Gasteiger partial charge in [0.1, 0.15) is 17.8 Å². The van der Waals surface area contributed by atoms with Gasteiger partial charge in [-0.1, -0.05) is 67.7 Å². The minimum absolute atomic E-state index is 0.00487. The first kappa shape index (κ1) is 29.8. The van der Waals surface area contributed by atoms with E-state index in [4.69, 9.17) is 4.74 Å². The first-order valence-electron chi connectivity index (χ1n) is 11.9. The van der Waals surface area contributed by atoms with E-state index >= 15 is 0 Å². The van der Waals surface area contributed by atoms with E-state index in [0.29, 0.717) is 6.42 Å². The molecule has 32 heavy (non-hydrogen) atoms. The second-order valence-electron chi connectivity index (χ2n) is 8.80. The zero-order chi connectivity index (χ0) is 24.1. The van der Waals surface area contributed by atoms with Crippen LogP contribution in [0.15, 0.2) is 60.8 Å². The van der Waals surface area contributed by atoms with Crippen molar-refractivity contribution in [3.05, 3.63) is 60.8 Å². The topological polar surface area (TPSA) is 63.6 Å². The number of Topliss-reactive ketones (excluding diaryl/α,β-unsaturated/α-hetero) is 1. The molecule has 0 unspecified atom stereocenters. The molecule has 4 nitrogen and oxygen atoms in total. The number of aliphatic hydroxyl groups is 1. The molecule has 4 heteroatoms. The number of allylic oxidation sites excluding steroid dienone is 10. The lowest BCUT2D eigenvalue weighted by Gasteiger charge is -2.19. The van der Waals surface area contributed by atoms with Crippen molar-refractivity contribution in [2.75, 3.05) is 0 Å². The number of rotatable bonds is 17. The molecule has 0 fully saturated rings. The number of hydrogen-bond donors (Lipinski definition) is 1. The van der Waals surface area contributed by atoms with E-state index in [2.05, 4.69) is 67.7 Å². The molecular formula is C28H44O4. The Morgan fingerprint density at radius 2 is 1.28 bits per heavy atom. The number of carbonyl (C=O) groups is 2. The largest absolute Gasteiger partial charge is 0.460 e. The molecule has 0 aromatic heterocycles. The van der Waals surface area contributed by atoms with Crippen LogP contribution in [0.2, 0.25) is 0 Å². The normalized spacial score (nSPS) is 13.9. The number of aliphatic hydroxyl groups excluding tert-OH is 1. The van der Waals surface area contributed by atoms with E-state index in [1.54, 1.807) is 20.8 Å². The summed E-state index contributed by atoms with van der Waals surface area (Å²) in [5.41, 5.74) is -0.600. The van der Waals surface area contributed by atoms with Crippen LogP contribution in [-0.2, 0) is 14.3 Å². The summed E-state index contributed by atoms with van der Waals surface area (Å²) in [5, 5.41) is 9.97. The van der Waals surface area contributed by atoms with Crippen LogP contribution < -0.4 is 0 Å². The molecule has 0 aliphatic rings. The standard InChI is InChI=1S/C28H44O4/c1-5-6-7-8-9-10-11-12-13-14-15-16-17-18-19-20-21-22-25(29)23-26(30)24-27(31)32-28(2,3)4/h6-7,9-10,12-13,15-16,18-19,25,29H,5,8,11,14,17,20-24H2,1-4H3/b7-6-,10-9-,13-12-,16-15-,19-18-/t25-/m1/s1. The number of hydrogen-bond acceptors (Lipinski definition) is 4. The summed E-state index contributed by atoms with van der Waals surface area (Å²) in [6.07, 6.45) is 27.8. The fourth-order valence-corrected chi connectivity index (χ4v) is 2.82. The average molecular weight is 445 g/mol. The molecule has 0 heterocycles. The first-order valence-corrected chi connectivity index (χ1v) is 11.9. The number of unbranched alkanes of at least 4 members (excludes halogenated alkanes) is 1. The summed E-state index contributed by atoms with van der Waals surface area (Å²) in [7, 11) is 0. The second-order valence-corrected chi connectivity index (χ2v) is 8.80. The van der Waals surface area contributed by atoms with Crippen molar-refractivity contribution in [2.45, 2.75) is 104 Å². The maximum atomic E-state index is 11.8. The molecule has 0 rings (SSSR count). The van der Waals surface area contributed by atoms with Crippen LogP contribution in [0.1, 0.15) is 91.9 Å². The van der Waals surface area contributed by atoms with Gasteiger partial charge in [-0.05, 0) is 72.1 Å². The minimum Gasteiger partial charge on any atom is -0.460 e. The lowest BCUT2D eigenvalue weighted by Crippen LogP contribution is -2.26. The van der Waals surface area contributed by atoms with Crippen molar-refractivity contribution in [1.82, 2.24) is 0 Å². The van der Waals surface area contributed by atoms with Gasteiger partial charge in [-0.2, -0.15) is 0 Å². The third-order valence-electron chi connectivity index (χ3n) is 4.29. The fraction of sp³-hybridized carbons (Fsp3) is 0.571. The molecule has 0 aromatic rings. The predicted molar refractivity (Wildman–Crippen MR) is 134 cm³/mol. The summed E-state index contributed by atoms with van der Waals surface area (Å²) < 4.78 is 5.12. The van der Waals surface area contributed by atoms with Gasteiger partial charge in [-0.25, -0.2) is 0 Å². The van der Waals surface area contributed by atoms with E-state index in [0.717, 1.165) is 44.9 Å².